The molecule has 0 saturated heterocycles. The zero-order valence-electron chi connectivity index (χ0n) is 8.34. The van der Waals surface area contributed by atoms with Crippen LogP contribution in [-0.4, -0.2) is 10.1 Å². The molecule has 0 aliphatic carbocycles. The molecule has 16 heavy (non-hydrogen) atoms. The van der Waals surface area contributed by atoms with Crippen LogP contribution in [0, 0.1) is 11.3 Å². The van der Waals surface area contributed by atoms with Crippen molar-refractivity contribution in [2.75, 3.05) is 11.1 Å². The molecular formula is C10H9N5O. The summed E-state index contributed by atoms with van der Waals surface area (Å²) in [7, 11) is 0. The fourth-order valence-electron chi connectivity index (χ4n) is 1.19. The van der Waals surface area contributed by atoms with E-state index in [1.807, 2.05) is 6.07 Å². The van der Waals surface area contributed by atoms with Crippen LogP contribution in [0.1, 0.15) is 11.3 Å². The highest BCUT2D eigenvalue weighted by Crippen LogP contribution is 2.16. The molecule has 0 radical (unpaired) electrons. The summed E-state index contributed by atoms with van der Waals surface area (Å²) in [6.07, 6.45) is 3.02. The summed E-state index contributed by atoms with van der Waals surface area (Å²) in [6, 6.07) is 5.27. The molecule has 6 nitrogen and oxygen atoms in total. The van der Waals surface area contributed by atoms with Gasteiger partial charge < -0.3 is 15.6 Å². The minimum absolute atomic E-state index is 0.429. The molecule has 2 rings (SSSR count). The first-order valence-electron chi connectivity index (χ1n) is 4.58. The Balaban J connectivity index is 2.08. The number of nitrogens with zero attached hydrogens (tertiary/aromatic N) is 3. The molecule has 2 heterocycles. The molecule has 0 unspecified atom stereocenters. The SMILES string of the molecule is N#Cc1cnc(NCc2ccno2)c(N)c1. The van der Waals surface area contributed by atoms with Gasteiger partial charge in [0.2, 0.25) is 0 Å². The lowest BCUT2D eigenvalue weighted by molar-refractivity contribution is 0.388. The van der Waals surface area contributed by atoms with Gasteiger partial charge in [0.05, 0.1) is 24.0 Å². The van der Waals surface area contributed by atoms with E-state index in [1.165, 1.54) is 6.20 Å². The fraction of sp³-hybridized carbons (Fsp3) is 0.100. The van der Waals surface area contributed by atoms with Gasteiger partial charge in [-0.1, -0.05) is 5.16 Å². The van der Waals surface area contributed by atoms with Crippen molar-refractivity contribution in [3.8, 4) is 6.07 Å². The fourth-order valence-corrected chi connectivity index (χ4v) is 1.19. The average Bonchev–Trinajstić information content (AvgIpc) is 2.80. The molecule has 0 aliphatic rings. The molecule has 0 spiro atoms. The van der Waals surface area contributed by atoms with E-state index >= 15 is 0 Å². The Morgan fingerprint density at radius 1 is 1.56 bits per heavy atom. The third-order valence-corrected chi connectivity index (χ3v) is 1.97. The van der Waals surface area contributed by atoms with E-state index in [1.54, 1.807) is 18.3 Å². The molecule has 0 aliphatic heterocycles. The van der Waals surface area contributed by atoms with Crippen molar-refractivity contribution in [3.05, 3.63) is 35.9 Å². The maximum atomic E-state index is 8.64. The first-order chi connectivity index (χ1) is 7.79. The maximum Gasteiger partial charge on any atom is 0.155 e. The van der Waals surface area contributed by atoms with Crippen LogP contribution in [0.25, 0.3) is 0 Å². The Kier molecular flexibility index (Phi) is 2.69. The number of rotatable bonds is 3. The van der Waals surface area contributed by atoms with Crippen LogP contribution in [0.3, 0.4) is 0 Å². The van der Waals surface area contributed by atoms with Crippen LogP contribution in [-0.2, 0) is 6.54 Å². The lowest BCUT2D eigenvalue weighted by Gasteiger charge is -2.05. The van der Waals surface area contributed by atoms with Gasteiger partial charge in [0.15, 0.2) is 5.76 Å². The number of nitrogens with two attached hydrogens (primary N) is 1. The third kappa shape index (κ3) is 2.09. The van der Waals surface area contributed by atoms with Crippen molar-refractivity contribution < 1.29 is 4.52 Å². The largest absolute Gasteiger partial charge is 0.396 e. The zero-order chi connectivity index (χ0) is 11.4. The Labute approximate surface area is 91.7 Å². The van der Waals surface area contributed by atoms with E-state index in [0.717, 1.165) is 0 Å². The van der Waals surface area contributed by atoms with E-state index in [0.29, 0.717) is 29.4 Å². The van der Waals surface area contributed by atoms with Gasteiger partial charge >= 0.3 is 0 Å². The Hall–Kier alpha value is -2.55. The van der Waals surface area contributed by atoms with Crippen LogP contribution in [0.4, 0.5) is 11.5 Å². The van der Waals surface area contributed by atoms with E-state index in [9.17, 15) is 0 Å². The number of nitrogen functional groups attached to an aromatic ring is 1. The molecule has 80 valence electrons. The summed E-state index contributed by atoms with van der Waals surface area (Å²) >= 11 is 0. The summed E-state index contributed by atoms with van der Waals surface area (Å²) in [4.78, 5) is 4.03. The first-order valence-corrected chi connectivity index (χ1v) is 4.58. The van der Waals surface area contributed by atoms with E-state index in [2.05, 4.69) is 15.5 Å². The van der Waals surface area contributed by atoms with E-state index in [-0.39, 0.29) is 0 Å². The quantitative estimate of drug-likeness (QED) is 0.796. The summed E-state index contributed by atoms with van der Waals surface area (Å²) in [5, 5.41) is 15.2. The van der Waals surface area contributed by atoms with Gasteiger partial charge in [0.1, 0.15) is 11.9 Å². The van der Waals surface area contributed by atoms with Crippen molar-refractivity contribution in [1.29, 1.82) is 5.26 Å². The summed E-state index contributed by atoms with van der Waals surface area (Å²) in [5.41, 5.74) is 6.58. The number of hydrogen-bond acceptors (Lipinski definition) is 6. The number of hydrogen-bond donors (Lipinski definition) is 2. The minimum atomic E-state index is 0.429. The number of aromatic nitrogens is 2. The second-order valence-electron chi connectivity index (χ2n) is 3.11. The monoisotopic (exact) mass is 215 g/mol. The second-order valence-corrected chi connectivity index (χ2v) is 3.11. The van der Waals surface area contributed by atoms with Gasteiger partial charge in [-0.2, -0.15) is 5.26 Å². The topological polar surface area (TPSA) is 101 Å². The van der Waals surface area contributed by atoms with Crippen LogP contribution in [0.5, 0.6) is 0 Å². The van der Waals surface area contributed by atoms with Crippen LogP contribution >= 0.6 is 0 Å². The Morgan fingerprint density at radius 3 is 3.06 bits per heavy atom. The van der Waals surface area contributed by atoms with Gasteiger partial charge in [0.25, 0.3) is 0 Å². The minimum Gasteiger partial charge on any atom is -0.396 e. The highest BCUT2D eigenvalue weighted by atomic mass is 16.5. The van der Waals surface area contributed by atoms with Crippen molar-refractivity contribution >= 4 is 11.5 Å². The summed E-state index contributed by atoms with van der Waals surface area (Å²) in [5.74, 6) is 1.21. The molecule has 3 N–H and O–H groups in total. The Morgan fingerprint density at radius 2 is 2.44 bits per heavy atom. The number of nitriles is 1. The Bertz CT molecular complexity index is 515. The highest BCUT2D eigenvalue weighted by Gasteiger charge is 2.03. The smallest absolute Gasteiger partial charge is 0.155 e. The average molecular weight is 215 g/mol. The molecule has 2 aromatic heterocycles. The number of pyridine rings is 1. The van der Waals surface area contributed by atoms with Crippen LogP contribution < -0.4 is 11.1 Å². The highest BCUT2D eigenvalue weighted by molar-refractivity contribution is 5.62. The molecular weight excluding hydrogens is 206 g/mol. The van der Waals surface area contributed by atoms with E-state index < -0.39 is 0 Å². The number of anilines is 2. The van der Waals surface area contributed by atoms with Gasteiger partial charge in [-0.25, -0.2) is 4.98 Å². The van der Waals surface area contributed by atoms with E-state index in [4.69, 9.17) is 15.5 Å². The zero-order valence-corrected chi connectivity index (χ0v) is 8.34. The van der Waals surface area contributed by atoms with Gasteiger partial charge in [-0.05, 0) is 6.07 Å². The lowest BCUT2D eigenvalue weighted by atomic mass is 10.3. The van der Waals surface area contributed by atoms with Gasteiger partial charge in [-0.3, -0.25) is 0 Å². The molecule has 2 aromatic rings. The molecule has 0 bridgehead atoms. The molecule has 0 aromatic carbocycles. The van der Waals surface area contributed by atoms with Crippen molar-refractivity contribution in [2.24, 2.45) is 0 Å². The normalized spacial score (nSPS) is 9.69. The lowest BCUT2D eigenvalue weighted by Crippen LogP contribution is -2.04. The van der Waals surface area contributed by atoms with Crippen LogP contribution in [0.15, 0.2) is 29.0 Å². The van der Waals surface area contributed by atoms with Gasteiger partial charge in [0, 0.05) is 12.3 Å². The van der Waals surface area contributed by atoms with Crippen molar-refractivity contribution in [2.45, 2.75) is 6.54 Å². The second kappa shape index (κ2) is 4.31. The molecule has 0 atom stereocenters. The molecule has 6 heteroatoms. The molecule has 0 saturated carbocycles. The predicted molar refractivity (Wildman–Crippen MR) is 57.2 cm³/mol. The first kappa shape index (κ1) is 9.98. The molecule has 0 fully saturated rings. The third-order valence-electron chi connectivity index (χ3n) is 1.97. The predicted octanol–water partition coefficient (Wildman–Crippen LogP) is 1.14. The molecule has 0 amide bonds. The van der Waals surface area contributed by atoms with Crippen LogP contribution in [0.2, 0.25) is 0 Å². The number of nitrogens with one attached hydrogen (secondary N) is 1. The maximum absolute atomic E-state index is 8.64. The van der Waals surface area contributed by atoms with Gasteiger partial charge in [-0.15, -0.1) is 0 Å². The summed E-state index contributed by atoms with van der Waals surface area (Å²) in [6.45, 7) is 0.448. The standard InChI is InChI=1S/C10H9N5O/c11-4-7-3-9(12)10(13-5-7)14-6-8-1-2-15-16-8/h1-3,5H,6,12H2,(H,13,14). The summed E-state index contributed by atoms with van der Waals surface area (Å²) < 4.78 is 4.91. The van der Waals surface area contributed by atoms with Crippen molar-refractivity contribution in [1.82, 2.24) is 10.1 Å². The van der Waals surface area contributed by atoms with Crippen molar-refractivity contribution in [3.63, 3.8) is 0 Å².